The van der Waals surface area contributed by atoms with Gasteiger partial charge in [0.05, 0.1) is 139 Å². The first kappa shape index (κ1) is 74.1. The minimum Gasteiger partial charge on any atom is -0.493 e. The van der Waals surface area contributed by atoms with E-state index >= 15 is 0 Å². The molecule has 25 nitrogen and oxygen atoms in total. The van der Waals surface area contributed by atoms with E-state index in [-0.39, 0.29) is 91.7 Å². The molecule has 5 amide bonds. The Morgan fingerprint density at radius 1 is 0.510 bits per heavy atom. The topological polar surface area (TPSA) is 296 Å². The third-order valence-corrected chi connectivity index (χ3v) is 20.8. The van der Waals surface area contributed by atoms with Crippen LogP contribution in [0, 0.1) is 35.5 Å². The molecule has 5 fully saturated rings. The van der Waals surface area contributed by atoms with Crippen molar-refractivity contribution in [1.29, 1.82) is 0 Å². The second-order valence-corrected chi connectivity index (χ2v) is 27.0. The van der Waals surface area contributed by atoms with Gasteiger partial charge >= 0.3 is 17.6 Å². The van der Waals surface area contributed by atoms with Gasteiger partial charge in [0.15, 0.2) is 7.14 Å². The SMILES string of the molecule is C=CC1OC(/C=C\C2OC(/C=C\C3OC(/C=C\c4ccccc4)C4C(=O)N(CCNC(=O)CP(=O)(c5ccccc5)c5ccccc5)C(=O)C34)C(C(=O)OCCOCCOCCOC)C2C(=O)OCCOCCOCCOC)C2C(=O)N(CCCOc3ccc4ccc(=O)oc4c3)C(=O)C12. The molecule has 12 atom stereocenters. The molecule has 5 aliphatic heterocycles. The van der Waals surface area contributed by atoms with Crippen molar-refractivity contribution < 1.29 is 99.4 Å². The maximum atomic E-state index is 14.8. The van der Waals surface area contributed by atoms with Crippen molar-refractivity contribution in [2.45, 2.75) is 43.0 Å². The Balaban J connectivity index is 0.895. The normalized spacial score (nSPS) is 24.3. The molecule has 6 heterocycles. The number of hydrogen-bond acceptors (Lipinski definition) is 22. The smallest absolute Gasteiger partial charge is 0.336 e. The molecule has 0 bridgehead atoms. The molecule has 12 unspecified atom stereocenters. The fourth-order valence-corrected chi connectivity index (χ4v) is 15.4. The first-order chi connectivity index (χ1) is 48.7. The number of amides is 5. The van der Waals surface area contributed by atoms with E-state index in [1.54, 1.807) is 111 Å². The number of esters is 2. The molecule has 0 radical (unpaired) electrons. The van der Waals surface area contributed by atoms with Crippen LogP contribution in [0.25, 0.3) is 17.0 Å². The fourth-order valence-electron chi connectivity index (χ4n) is 12.9. The maximum absolute atomic E-state index is 14.8. The number of ether oxygens (including phenoxy) is 12. The van der Waals surface area contributed by atoms with E-state index < -0.39 is 126 Å². The summed E-state index contributed by atoms with van der Waals surface area (Å²) >= 11 is 0. The van der Waals surface area contributed by atoms with Crippen LogP contribution in [-0.2, 0) is 90.2 Å². The molecule has 5 saturated heterocycles. The summed E-state index contributed by atoms with van der Waals surface area (Å²) < 4.78 is 89.8. The largest absolute Gasteiger partial charge is 0.493 e. The lowest BCUT2D eigenvalue weighted by Gasteiger charge is -2.22. The number of rotatable bonds is 39. The Morgan fingerprint density at radius 2 is 0.950 bits per heavy atom. The number of methoxy groups -OCH3 is 2. The minimum atomic E-state index is -3.47. The van der Waals surface area contributed by atoms with E-state index in [0.29, 0.717) is 53.8 Å². The molecule has 100 heavy (non-hydrogen) atoms. The average molecular weight is 1400 g/mol. The summed E-state index contributed by atoms with van der Waals surface area (Å²) in [6, 6.07) is 34.7. The second-order valence-electron chi connectivity index (χ2n) is 24.1. The van der Waals surface area contributed by atoms with Crippen molar-refractivity contribution in [3.8, 4) is 5.75 Å². The Kier molecular flexibility index (Phi) is 27.2. The summed E-state index contributed by atoms with van der Waals surface area (Å²) in [7, 11) is -0.366. The van der Waals surface area contributed by atoms with Crippen molar-refractivity contribution >= 4 is 76.3 Å². The van der Waals surface area contributed by atoms with E-state index in [2.05, 4.69) is 11.9 Å². The molecule has 532 valence electrons. The molecule has 10 rings (SSSR count). The molecule has 5 aromatic rings. The van der Waals surface area contributed by atoms with Gasteiger partial charge < -0.3 is 71.1 Å². The van der Waals surface area contributed by atoms with Crippen LogP contribution in [0.4, 0.5) is 0 Å². The number of nitrogens with one attached hydrogen (secondary N) is 1. The summed E-state index contributed by atoms with van der Waals surface area (Å²) in [6.07, 6.45) is 4.13. The van der Waals surface area contributed by atoms with Crippen molar-refractivity contribution in [3.63, 3.8) is 0 Å². The molecule has 5 aliphatic rings. The quantitative estimate of drug-likeness (QED) is 0.0137. The van der Waals surface area contributed by atoms with E-state index in [4.69, 9.17) is 61.3 Å². The van der Waals surface area contributed by atoms with Crippen LogP contribution in [0.5, 0.6) is 5.75 Å². The zero-order chi connectivity index (χ0) is 70.4. The third-order valence-electron chi connectivity index (χ3n) is 17.8. The predicted molar refractivity (Wildman–Crippen MR) is 363 cm³/mol. The Labute approximate surface area is 578 Å². The molecule has 1 N–H and O–H groups in total. The summed E-state index contributed by atoms with van der Waals surface area (Å²) in [4.78, 5) is 116. The summed E-state index contributed by atoms with van der Waals surface area (Å²) in [5.74, 6) is -11.1. The van der Waals surface area contributed by atoms with Crippen LogP contribution in [0.3, 0.4) is 0 Å². The van der Waals surface area contributed by atoms with Crippen LogP contribution in [0.15, 0.2) is 174 Å². The first-order valence-corrected chi connectivity index (χ1v) is 35.3. The van der Waals surface area contributed by atoms with Gasteiger partial charge in [0, 0.05) is 62.0 Å². The number of likely N-dealkylation sites (tertiary alicyclic amines) is 2. The van der Waals surface area contributed by atoms with E-state index in [9.17, 15) is 42.9 Å². The zero-order valence-corrected chi connectivity index (χ0v) is 56.7. The molecular weight excluding hydrogens is 1310 g/mol. The fraction of sp³-hybridized carbons (Fsp3) is 0.432. The lowest BCUT2D eigenvalue weighted by Crippen LogP contribution is -2.42. The molecule has 1 aromatic heterocycles. The van der Waals surface area contributed by atoms with E-state index in [1.165, 1.54) is 41.3 Å². The number of nitrogens with zero attached hydrogens (tertiary/aromatic N) is 2. The van der Waals surface area contributed by atoms with Gasteiger partial charge in [0.1, 0.15) is 36.4 Å². The second kappa shape index (κ2) is 36.7. The maximum Gasteiger partial charge on any atom is 0.336 e. The number of carbonyl (C=O) groups excluding carboxylic acids is 7. The lowest BCUT2D eigenvalue weighted by molar-refractivity contribution is -0.161. The average Bonchev–Trinajstić information content (AvgIpc) is 1.59. The van der Waals surface area contributed by atoms with Crippen LogP contribution in [0.2, 0.25) is 0 Å². The van der Waals surface area contributed by atoms with Crippen LogP contribution < -0.4 is 26.3 Å². The molecule has 26 heteroatoms. The molecule has 0 aliphatic carbocycles. The third kappa shape index (κ3) is 18.5. The number of hydrogen-bond donors (Lipinski definition) is 1. The highest BCUT2D eigenvalue weighted by Gasteiger charge is 2.61. The van der Waals surface area contributed by atoms with Gasteiger partial charge in [0.25, 0.3) is 0 Å². The van der Waals surface area contributed by atoms with Crippen molar-refractivity contribution in [3.05, 3.63) is 180 Å². The number of fused-ring (bicyclic) bond motifs is 3. The molecule has 0 spiro atoms. The van der Waals surface area contributed by atoms with Gasteiger partial charge in [-0.2, -0.15) is 0 Å². The monoisotopic (exact) mass is 1400 g/mol. The van der Waals surface area contributed by atoms with Gasteiger partial charge in [-0.05, 0) is 30.2 Å². The highest BCUT2D eigenvalue weighted by molar-refractivity contribution is 7.79. The summed E-state index contributed by atoms with van der Waals surface area (Å²) in [5.41, 5.74) is 0.612. The number of imide groups is 2. The van der Waals surface area contributed by atoms with Crippen molar-refractivity contribution in [2.75, 3.05) is 126 Å². The number of carbonyl (C=O) groups is 7. The van der Waals surface area contributed by atoms with Crippen LogP contribution in [0.1, 0.15) is 12.0 Å². The minimum absolute atomic E-state index is 0.00530. The Morgan fingerprint density at radius 3 is 1.47 bits per heavy atom. The number of benzene rings is 4. The highest BCUT2D eigenvalue weighted by Crippen LogP contribution is 2.46. The van der Waals surface area contributed by atoms with Crippen molar-refractivity contribution in [1.82, 2.24) is 15.1 Å². The van der Waals surface area contributed by atoms with E-state index in [0.717, 1.165) is 10.5 Å². The van der Waals surface area contributed by atoms with Gasteiger partial charge in [-0.3, -0.25) is 43.4 Å². The van der Waals surface area contributed by atoms with Crippen LogP contribution in [-0.4, -0.2) is 214 Å². The van der Waals surface area contributed by atoms with Gasteiger partial charge in [-0.15, -0.1) is 6.58 Å². The van der Waals surface area contributed by atoms with Gasteiger partial charge in [-0.25, -0.2) is 4.79 Å². The predicted octanol–water partition coefficient (Wildman–Crippen LogP) is 4.89. The van der Waals surface area contributed by atoms with E-state index in [1.807, 2.05) is 30.3 Å². The lowest BCUT2D eigenvalue weighted by atomic mass is 9.85. The molecular formula is C74H84N3O22P. The molecule has 4 aromatic carbocycles. The summed E-state index contributed by atoms with van der Waals surface area (Å²) in [6.45, 7) is 5.30. The standard InChI is InChI=1S/C74H84N3O22P/c1-4-54-63-64(70(81)76(69(63)80)32-14-34-93-51-24-22-50-23-30-62(79)99-60(50)47-51)56(96-54)26-28-58-67(73(84)94-45-43-91-41-39-89-37-35-87-2)68(74(85)95-46-44-92-42-40-90-38-36-88-3)59(98-58)29-27-57-66-65(55(97-57)25-21-49-15-8-5-9-16-49)71(82)77(72(66)83)33-31-75-61(78)48-100(86,52-17-10-6-11-18-52)53-19-12-7-13-20-53/h4-13,15-30,47,54-59,63-68H,1,14,31-46,48H2,2-3H3,(H,75,78)/b25-21-,28-26-,29-27-. The summed E-state index contributed by atoms with van der Waals surface area (Å²) in [5, 5.41) is 4.49. The van der Waals surface area contributed by atoms with Gasteiger partial charge in [-0.1, -0.05) is 134 Å². The Hall–Kier alpha value is -8.59. The van der Waals surface area contributed by atoms with Crippen molar-refractivity contribution in [2.24, 2.45) is 35.5 Å². The molecule has 0 saturated carbocycles. The van der Waals surface area contributed by atoms with Crippen LogP contribution >= 0.6 is 7.14 Å². The Bertz CT molecular complexity index is 3770. The van der Waals surface area contributed by atoms with Gasteiger partial charge in [0.2, 0.25) is 29.5 Å². The zero-order valence-electron chi connectivity index (χ0n) is 55.8. The first-order valence-electron chi connectivity index (χ1n) is 33.4. The highest BCUT2D eigenvalue weighted by atomic mass is 31.2.